The highest BCUT2D eigenvalue weighted by molar-refractivity contribution is 5.77. The van der Waals surface area contributed by atoms with Gasteiger partial charge in [-0.15, -0.1) is 0 Å². The van der Waals surface area contributed by atoms with E-state index < -0.39 is 18.2 Å². The topological polar surface area (TPSA) is 95.9 Å². The average molecular weight is 786 g/mol. The van der Waals surface area contributed by atoms with Gasteiger partial charge in [0.25, 0.3) is 0 Å². The molecule has 6 heteroatoms. The van der Waals surface area contributed by atoms with Crippen LogP contribution in [-0.2, 0) is 14.3 Å². The first-order chi connectivity index (χ1) is 27.5. The lowest BCUT2D eigenvalue weighted by Gasteiger charge is -2.24. The third kappa shape index (κ3) is 38.7. The Bertz CT molecular complexity index is 972. The first-order valence-corrected chi connectivity index (χ1v) is 23.9. The van der Waals surface area contributed by atoms with Crippen molar-refractivity contribution in [1.29, 1.82) is 0 Å². The zero-order valence-corrected chi connectivity index (χ0v) is 37.0. The molecule has 56 heavy (non-hydrogen) atoms. The van der Waals surface area contributed by atoms with E-state index >= 15 is 0 Å². The maximum Gasteiger partial charge on any atom is 0.306 e. The number of carbonyl (C=O) groups is 2. The lowest BCUT2D eigenvalue weighted by Crippen LogP contribution is -2.46. The van der Waals surface area contributed by atoms with Gasteiger partial charge in [-0.25, -0.2) is 0 Å². The number of unbranched alkanes of at least 4 members (excludes halogenated alkanes) is 24. The summed E-state index contributed by atoms with van der Waals surface area (Å²) in [4.78, 5) is 26.0. The molecule has 3 N–H and O–H groups in total. The highest BCUT2D eigenvalue weighted by Crippen LogP contribution is 2.17. The van der Waals surface area contributed by atoms with E-state index in [1.54, 1.807) is 0 Å². The van der Waals surface area contributed by atoms with Gasteiger partial charge in [0.2, 0.25) is 5.91 Å². The minimum atomic E-state index is -0.791. The third-order valence-corrected chi connectivity index (χ3v) is 10.7. The molecular formula is C50H91NO5. The predicted molar refractivity (Wildman–Crippen MR) is 241 cm³/mol. The van der Waals surface area contributed by atoms with Crippen molar-refractivity contribution in [3.63, 3.8) is 0 Å². The van der Waals surface area contributed by atoms with Gasteiger partial charge in [0, 0.05) is 6.42 Å². The highest BCUT2D eigenvalue weighted by atomic mass is 16.5. The first kappa shape index (κ1) is 53.8. The molecule has 3 unspecified atom stereocenters. The van der Waals surface area contributed by atoms with E-state index in [1.807, 2.05) is 0 Å². The Morgan fingerprint density at radius 1 is 0.536 bits per heavy atom. The minimum absolute atomic E-state index is 0.0623. The molecule has 0 saturated heterocycles. The van der Waals surface area contributed by atoms with Crippen molar-refractivity contribution in [3.8, 4) is 0 Å². The van der Waals surface area contributed by atoms with Crippen LogP contribution in [0.3, 0.4) is 0 Å². The summed E-state index contributed by atoms with van der Waals surface area (Å²) in [5.41, 5.74) is 0. The summed E-state index contributed by atoms with van der Waals surface area (Å²) in [5, 5.41) is 23.6. The van der Waals surface area contributed by atoms with Gasteiger partial charge in [0.15, 0.2) is 0 Å². The van der Waals surface area contributed by atoms with Crippen molar-refractivity contribution in [1.82, 2.24) is 5.32 Å². The fraction of sp³-hybridized carbons (Fsp3) is 0.800. The number of nitrogens with one attached hydrogen (secondary N) is 1. The summed E-state index contributed by atoms with van der Waals surface area (Å²) in [6.45, 7) is 6.31. The number of aliphatic hydroxyl groups excluding tert-OH is 2. The molecule has 0 radical (unpaired) electrons. The third-order valence-electron chi connectivity index (χ3n) is 10.7. The normalized spacial score (nSPS) is 13.7. The molecular weight excluding hydrogens is 695 g/mol. The molecule has 0 saturated carbocycles. The molecule has 0 bridgehead atoms. The summed E-state index contributed by atoms with van der Waals surface area (Å²) < 4.78 is 5.90. The van der Waals surface area contributed by atoms with Crippen molar-refractivity contribution in [2.45, 2.75) is 251 Å². The predicted octanol–water partition coefficient (Wildman–Crippen LogP) is 13.9. The van der Waals surface area contributed by atoms with Crippen LogP contribution in [0.25, 0.3) is 0 Å². The second kappa shape index (κ2) is 43.9. The summed E-state index contributed by atoms with van der Waals surface area (Å²) in [7, 11) is 0. The molecule has 0 aliphatic rings. The lowest BCUT2D eigenvalue weighted by molar-refractivity contribution is -0.151. The molecule has 0 aromatic carbocycles. The Kier molecular flexibility index (Phi) is 42.2. The second-order valence-corrected chi connectivity index (χ2v) is 16.2. The molecule has 1 amide bonds. The molecule has 6 nitrogen and oxygen atoms in total. The van der Waals surface area contributed by atoms with Crippen LogP contribution < -0.4 is 5.32 Å². The van der Waals surface area contributed by atoms with E-state index in [0.29, 0.717) is 19.3 Å². The standard InChI is InChI=1S/C50H91NO5/c1-4-7-10-13-16-19-21-23-24-26-28-31-34-37-40-43-50(55)56-46(41-38-35-32-30-27-25-22-20-17-14-11-8-5-2)44-49(54)51-47(45-52)48(53)42-39-36-33-29-18-15-12-9-6-3/h8,11,14,17,19-22,46-48,52-53H,4-7,9-10,12-13,15-16,18,23-45H2,1-3H3,(H,51,54)/b11-8+,17-14+,21-19-,22-20+. The maximum absolute atomic E-state index is 13.1. The average Bonchev–Trinajstić information content (AvgIpc) is 3.19. The first-order valence-electron chi connectivity index (χ1n) is 23.9. The minimum Gasteiger partial charge on any atom is -0.462 e. The number of aliphatic hydroxyl groups is 2. The van der Waals surface area contributed by atoms with E-state index in [2.05, 4.69) is 74.7 Å². The smallest absolute Gasteiger partial charge is 0.306 e. The van der Waals surface area contributed by atoms with Crippen molar-refractivity contribution >= 4 is 11.9 Å². The summed E-state index contributed by atoms with van der Waals surface area (Å²) >= 11 is 0. The van der Waals surface area contributed by atoms with Crippen molar-refractivity contribution < 1.29 is 24.5 Å². The monoisotopic (exact) mass is 786 g/mol. The Labute approximate surface area is 346 Å². The molecule has 0 fully saturated rings. The van der Waals surface area contributed by atoms with E-state index in [0.717, 1.165) is 83.5 Å². The molecule has 326 valence electrons. The zero-order valence-electron chi connectivity index (χ0n) is 37.0. The van der Waals surface area contributed by atoms with Crippen LogP contribution in [0, 0.1) is 0 Å². The molecule has 0 rings (SSSR count). The fourth-order valence-electron chi connectivity index (χ4n) is 7.07. The van der Waals surface area contributed by atoms with Gasteiger partial charge in [-0.05, 0) is 70.6 Å². The molecule has 0 aromatic heterocycles. The van der Waals surface area contributed by atoms with Gasteiger partial charge in [-0.1, -0.05) is 198 Å². The maximum atomic E-state index is 13.1. The number of hydrogen-bond acceptors (Lipinski definition) is 5. The summed E-state index contributed by atoms with van der Waals surface area (Å²) in [6, 6.07) is -0.706. The summed E-state index contributed by atoms with van der Waals surface area (Å²) in [6.07, 6.45) is 51.7. The fourth-order valence-corrected chi connectivity index (χ4v) is 7.07. The number of hydrogen-bond donors (Lipinski definition) is 3. The highest BCUT2D eigenvalue weighted by Gasteiger charge is 2.24. The van der Waals surface area contributed by atoms with Crippen LogP contribution >= 0.6 is 0 Å². The van der Waals surface area contributed by atoms with Gasteiger partial charge in [-0.2, -0.15) is 0 Å². The van der Waals surface area contributed by atoms with Crippen LogP contribution in [0.2, 0.25) is 0 Å². The largest absolute Gasteiger partial charge is 0.462 e. The Morgan fingerprint density at radius 3 is 1.52 bits per heavy atom. The van der Waals surface area contributed by atoms with Gasteiger partial charge < -0.3 is 20.3 Å². The van der Waals surface area contributed by atoms with Crippen molar-refractivity contribution in [2.75, 3.05) is 6.61 Å². The van der Waals surface area contributed by atoms with E-state index in [-0.39, 0.29) is 24.9 Å². The second-order valence-electron chi connectivity index (χ2n) is 16.2. The zero-order chi connectivity index (χ0) is 41.0. The van der Waals surface area contributed by atoms with Crippen LogP contribution in [0.5, 0.6) is 0 Å². The number of esters is 1. The summed E-state index contributed by atoms with van der Waals surface area (Å²) in [5.74, 6) is -0.499. The number of amides is 1. The molecule has 0 aromatic rings. The number of allylic oxidation sites excluding steroid dienone is 8. The SMILES string of the molecule is CC/C=C/C=C/C=C/CCCCCCCC(CC(=O)NC(CO)C(O)CCCCCCCCCCC)OC(=O)CCCCCCCCC/C=C\CCCCCC. The van der Waals surface area contributed by atoms with E-state index in [1.165, 1.54) is 103 Å². The number of carbonyl (C=O) groups excluding carboxylic acids is 2. The van der Waals surface area contributed by atoms with Crippen molar-refractivity contribution in [3.05, 3.63) is 48.6 Å². The van der Waals surface area contributed by atoms with Crippen LogP contribution in [-0.4, -0.2) is 46.9 Å². The molecule has 0 aliphatic carbocycles. The van der Waals surface area contributed by atoms with Gasteiger partial charge in [0.1, 0.15) is 6.10 Å². The van der Waals surface area contributed by atoms with E-state index in [9.17, 15) is 19.8 Å². The van der Waals surface area contributed by atoms with Crippen molar-refractivity contribution in [2.24, 2.45) is 0 Å². The van der Waals surface area contributed by atoms with E-state index in [4.69, 9.17) is 4.74 Å². The molecule has 0 heterocycles. The lowest BCUT2D eigenvalue weighted by atomic mass is 10.0. The molecule has 0 spiro atoms. The Hall–Kier alpha value is -2.18. The van der Waals surface area contributed by atoms with Gasteiger partial charge >= 0.3 is 5.97 Å². The Balaban J connectivity index is 4.61. The quantitative estimate of drug-likeness (QED) is 0.0248. The molecule has 0 aliphatic heterocycles. The van der Waals surface area contributed by atoms with Gasteiger partial charge in [0.05, 0.1) is 25.2 Å². The van der Waals surface area contributed by atoms with Crippen LogP contribution in [0.1, 0.15) is 233 Å². The van der Waals surface area contributed by atoms with Crippen LogP contribution in [0.4, 0.5) is 0 Å². The Morgan fingerprint density at radius 2 is 0.982 bits per heavy atom. The number of rotatable bonds is 42. The number of ether oxygens (including phenoxy) is 1. The van der Waals surface area contributed by atoms with Gasteiger partial charge in [-0.3, -0.25) is 9.59 Å². The molecule has 3 atom stereocenters. The van der Waals surface area contributed by atoms with Crippen LogP contribution in [0.15, 0.2) is 48.6 Å².